The van der Waals surface area contributed by atoms with Crippen LogP contribution in [0.4, 0.5) is 0 Å². The minimum Gasteiger partial charge on any atom is -0.120 e. The summed E-state index contributed by atoms with van der Waals surface area (Å²) >= 11 is 0. The molecule has 2 fully saturated rings. The highest BCUT2D eigenvalue weighted by Gasteiger charge is 2.29. The lowest BCUT2D eigenvalue weighted by Crippen LogP contribution is -2.25. The maximum absolute atomic E-state index is 5.50. The van der Waals surface area contributed by atoms with Crippen molar-refractivity contribution in [3.63, 3.8) is 0 Å². The molecule has 0 heterocycles. The Morgan fingerprint density at radius 1 is 0.875 bits per heavy atom. The van der Waals surface area contributed by atoms with Crippen LogP contribution in [-0.2, 0) is 0 Å². The van der Waals surface area contributed by atoms with E-state index in [1.807, 2.05) is 0 Å². The number of allylic oxidation sites excluding steroid dienone is 1. The lowest BCUT2D eigenvalue weighted by molar-refractivity contribution is 0.168. The smallest absolute Gasteiger partial charge is 0.0200 e. The molecule has 0 aromatic heterocycles. The van der Waals surface area contributed by atoms with Gasteiger partial charge in [-0.25, -0.2) is 0 Å². The van der Waals surface area contributed by atoms with E-state index in [1.165, 1.54) is 51.4 Å². The summed E-state index contributed by atoms with van der Waals surface area (Å²) in [6.07, 6.45) is 18.6. The van der Waals surface area contributed by atoms with Crippen molar-refractivity contribution in [2.45, 2.75) is 51.4 Å². The lowest BCUT2D eigenvalue weighted by atomic mass is 9.69. The SMILES string of the molecule is C#CC1CCC(C2CCC(C=C)CC2)CC1. The fourth-order valence-corrected chi connectivity index (χ4v) is 3.61. The summed E-state index contributed by atoms with van der Waals surface area (Å²) in [5.74, 6) is 6.30. The fraction of sp³-hybridized carbons (Fsp3) is 0.750. The number of hydrogen-bond donors (Lipinski definition) is 0. The van der Waals surface area contributed by atoms with Gasteiger partial charge in [0.25, 0.3) is 0 Å². The molecule has 0 aromatic rings. The molecule has 0 saturated heterocycles. The molecule has 88 valence electrons. The van der Waals surface area contributed by atoms with Crippen molar-refractivity contribution >= 4 is 0 Å². The van der Waals surface area contributed by atoms with Gasteiger partial charge in [-0.3, -0.25) is 0 Å². The number of rotatable bonds is 2. The molecule has 0 bridgehead atoms. The maximum atomic E-state index is 5.50. The normalized spacial score (nSPS) is 39.9. The zero-order chi connectivity index (χ0) is 11.4. The Balaban J connectivity index is 1.78. The fourth-order valence-electron chi connectivity index (χ4n) is 3.61. The molecule has 2 aliphatic carbocycles. The third-order valence-electron chi connectivity index (χ3n) is 4.82. The second kappa shape index (κ2) is 5.58. The molecule has 0 aromatic carbocycles. The average Bonchev–Trinajstić information content (AvgIpc) is 2.39. The highest BCUT2D eigenvalue weighted by atomic mass is 14.3. The third kappa shape index (κ3) is 2.70. The Morgan fingerprint density at radius 2 is 1.38 bits per heavy atom. The van der Waals surface area contributed by atoms with Gasteiger partial charge in [-0.2, -0.15) is 0 Å². The lowest BCUT2D eigenvalue weighted by Gasteiger charge is -2.36. The average molecular weight is 216 g/mol. The molecule has 0 heteroatoms. The van der Waals surface area contributed by atoms with Gasteiger partial charge in [0, 0.05) is 5.92 Å². The van der Waals surface area contributed by atoms with Crippen molar-refractivity contribution in [1.82, 2.24) is 0 Å². The second-order valence-corrected chi connectivity index (χ2v) is 5.69. The summed E-state index contributed by atoms with van der Waals surface area (Å²) in [6, 6.07) is 0. The van der Waals surface area contributed by atoms with Gasteiger partial charge >= 0.3 is 0 Å². The van der Waals surface area contributed by atoms with E-state index in [0.29, 0.717) is 5.92 Å². The molecule has 2 aliphatic rings. The van der Waals surface area contributed by atoms with E-state index in [-0.39, 0.29) is 0 Å². The molecule has 2 saturated carbocycles. The topological polar surface area (TPSA) is 0 Å². The molecule has 0 atom stereocenters. The van der Waals surface area contributed by atoms with Crippen molar-refractivity contribution in [3.05, 3.63) is 12.7 Å². The zero-order valence-corrected chi connectivity index (χ0v) is 10.3. The van der Waals surface area contributed by atoms with Crippen LogP contribution in [0.1, 0.15) is 51.4 Å². The first-order valence-corrected chi connectivity index (χ1v) is 6.92. The molecule has 0 spiro atoms. The Labute approximate surface area is 101 Å². The van der Waals surface area contributed by atoms with E-state index in [2.05, 4.69) is 18.6 Å². The van der Waals surface area contributed by atoms with Crippen LogP contribution in [-0.4, -0.2) is 0 Å². The zero-order valence-electron chi connectivity index (χ0n) is 10.3. The van der Waals surface area contributed by atoms with E-state index in [9.17, 15) is 0 Å². The van der Waals surface area contributed by atoms with Gasteiger partial charge in [-0.1, -0.05) is 6.08 Å². The monoisotopic (exact) mass is 216 g/mol. The molecule has 2 rings (SSSR count). The Hall–Kier alpha value is -0.700. The van der Waals surface area contributed by atoms with Crippen LogP contribution in [0.2, 0.25) is 0 Å². The quantitative estimate of drug-likeness (QED) is 0.473. The highest BCUT2D eigenvalue weighted by molar-refractivity contribution is 4.96. The molecule has 0 aliphatic heterocycles. The molecule has 16 heavy (non-hydrogen) atoms. The Morgan fingerprint density at radius 3 is 1.81 bits per heavy atom. The standard InChI is InChI=1S/C16H24/c1-3-13-5-9-15(10-6-13)16-11-7-14(4-2)8-12-16/h1,4,13-16H,2,5-12H2. The largest absolute Gasteiger partial charge is 0.120 e. The summed E-state index contributed by atoms with van der Waals surface area (Å²) in [4.78, 5) is 0. The van der Waals surface area contributed by atoms with Gasteiger partial charge in [0.1, 0.15) is 0 Å². The predicted molar refractivity (Wildman–Crippen MR) is 69.9 cm³/mol. The predicted octanol–water partition coefficient (Wildman–Crippen LogP) is 4.42. The number of terminal acetylenes is 1. The number of hydrogen-bond acceptors (Lipinski definition) is 0. The molecule has 0 nitrogen and oxygen atoms in total. The highest BCUT2D eigenvalue weighted by Crippen LogP contribution is 2.41. The summed E-state index contributed by atoms with van der Waals surface area (Å²) in [6.45, 7) is 3.92. The molecular formula is C16H24. The van der Waals surface area contributed by atoms with Crippen molar-refractivity contribution < 1.29 is 0 Å². The molecule has 0 unspecified atom stereocenters. The third-order valence-corrected chi connectivity index (χ3v) is 4.82. The van der Waals surface area contributed by atoms with E-state index in [0.717, 1.165) is 17.8 Å². The van der Waals surface area contributed by atoms with Crippen LogP contribution in [0.15, 0.2) is 12.7 Å². The van der Waals surface area contributed by atoms with Crippen LogP contribution < -0.4 is 0 Å². The van der Waals surface area contributed by atoms with E-state index < -0.39 is 0 Å². The first-order valence-electron chi connectivity index (χ1n) is 6.92. The molecule has 0 radical (unpaired) electrons. The van der Waals surface area contributed by atoms with Gasteiger partial charge in [0.15, 0.2) is 0 Å². The van der Waals surface area contributed by atoms with Crippen molar-refractivity contribution in [2.75, 3.05) is 0 Å². The Kier molecular flexibility index (Phi) is 4.10. The first kappa shape index (κ1) is 11.8. The van der Waals surface area contributed by atoms with Gasteiger partial charge in [-0.05, 0) is 69.1 Å². The second-order valence-electron chi connectivity index (χ2n) is 5.69. The first-order chi connectivity index (χ1) is 7.83. The minimum atomic E-state index is 0.584. The van der Waals surface area contributed by atoms with Crippen LogP contribution in [0.25, 0.3) is 0 Å². The molecule has 0 N–H and O–H groups in total. The minimum absolute atomic E-state index is 0.584. The Bertz CT molecular complexity index is 254. The van der Waals surface area contributed by atoms with Crippen LogP contribution in [0, 0.1) is 36.0 Å². The van der Waals surface area contributed by atoms with E-state index in [4.69, 9.17) is 6.42 Å². The molecule has 0 amide bonds. The van der Waals surface area contributed by atoms with Gasteiger partial charge in [0.2, 0.25) is 0 Å². The van der Waals surface area contributed by atoms with E-state index in [1.54, 1.807) is 0 Å². The van der Waals surface area contributed by atoms with Gasteiger partial charge in [-0.15, -0.1) is 18.9 Å². The van der Waals surface area contributed by atoms with Crippen molar-refractivity contribution in [1.29, 1.82) is 0 Å². The maximum Gasteiger partial charge on any atom is 0.0200 e. The van der Waals surface area contributed by atoms with Crippen LogP contribution in [0.5, 0.6) is 0 Å². The van der Waals surface area contributed by atoms with E-state index >= 15 is 0 Å². The molecular weight excluding hydrogens is 192 g/mol. The summed E-state index contributed by atoms with van der Waals surface area (Å²) < 4.78 is 0. The van der Waals surface area contributed by atoms with Crippen molar-refractivity contribution in [2.24, 2.45) is 23.7 Å². The van der Waals surface area contributed by atoms with Gasteiger partial charge in [0.05, 0.1) is 0 Å². The van der Waals surface area contributed by atoms with Crippen LogP contribution in [0.3, 0.4) is 0 Å². The van der Waals surface area contributed by atoms with Crippen molar-refractivity contribution in [3.8, 4) is 12.3 Å². The summed E-state index contributed by atoms with van der Waals surface area (Å²) in [7, 11) is 0. The van der Waals surface area contributed by atoms with Gasteiger partial charge < -0.3 is 0 Å². The van der Waals surface area contributed by atoms with Crippen LogP contribution >= 0.6 is 0 Å². The summed E-state index contributed by atoms with van der Waals surface area (Å²) in [5, 5.41) is 0. The summed E-state index contributed by atoms with van der Waals surface area (Å²) in [5.41, 5.74) is 0.